The van der Waals surface area contributed by atoms with Crippen LogP contribution in [-0.2, 0) is 30.9 Å². The second kappa shape index (κ2) is 21.7. The van der Waals surface area contributed by atoms with Crippen LogP contribution in [0, 0.1) is 114 Å². The van der Waals surface area contributed by atoms with Crippen LogP contribution in [-0.4, -0.2) is 65.4 Å². The Kier molecular flexibility index (Phi) is 16.8. The van der Waals surface area contributed by atoms with Crippen molar-refractivity contribution in [2.75, 3.05) is 26.4 Å². The quantitative estimate of drug-likeness (QED) is 0.0894. The van der Waals surface area contributed by atoms with Gasteiger partial charge in [0.15, 0.2) is 6.29 Å². The summed E-state index contributed by atoms with van der Waals surface area (Å²) < 4.78 is 18.5. The number of ketones is 1. The summed E-state index contributed by atoms with van der Waals surface area (Å²) in [4.78, 5) is 25.6. The topological polar surface area (TPSA) is 165 Å². The number of carbonyl (C=O) groups excluding carboxylic acids is 2. The van der Waals surface area contributed by atoms with Gasteiger partial charge in [-0.3, -0.25) is 4.79 Å². The molecule has 1 aromatic rings. The van der Waals surface area contributed by atoms with E-state index in [0.717, 1.165) is 63.3 Å². The van der Waals surface area contributed by atoms with Crippen LogP contribution in [0.25, 0.3) is 0 Å². The van der Waals surface area contributed by atoms with Gasteiger partial charge in [-0.15, -0.1) is 0 Å². The van der Waals surface area contributed by atoms with E-state index in [-0.39, 0.29) is 56.6 Å². The molecule has 10 aliphatic carbocycles. The van der Waals surface area contributed by atoms with Crippen LogP contribution in [0.2, 0.25) is 0 Å². The molecule has 0 aromatic carbocycles. The largest absolute Gasteiger partial charge is 0.397 e. The molecule has 9 saturated carbocycles. The Labute approximate surface area is 478 Å². The van der Waals surface area contributed by atoms with Gasteiger partial charge in [0.2, 0.25) is 0 Å². The average Bonchev–Trinajstić information content (AvgIpc) is 4.24. The maximum absolute atomic E-state index is 13.4. The first-order valence-corrected chi connectivity index (χ1v) is 32.2. The number of hydrogen-bond acceptors (Lipinski definition) is 10. The van der Waals surface area contributed by atoms with Gasteiger partial charge < -0.3 is 34.2 Å². The summed E-state index contributed by atoms with van der Waals surface area (Å²) in [6.07, 6.45) is 28.3. The van der Waals surface area contributed by atoms with Gasteiger partial charge >= 0.3 is 0 Å². The number of nitrogens with two attached hydrogens (primary N) is 1. The van der Waals surface area contributed by atoms with Gasteiger partial charge in [0.25, 0.3) is 0 Å². The Morgan fingerprint density at radius 2 is 1.19 bits per heavy atom. The number of aliphatic hydroxyl groups excluding tert-OH is 2. The number of Topliss-reactive ketones (excluding diaryl/α,β-unsaturated/α-hetero) is 1. The minimum Gasteiger partial charge on any atom is -0.397 e. The molecule has 0 amide bonds. The van der Waals surface area contributed by atoms with Crippen molar-refractivity contribution < 1.29 is 39.0 Å². The van der Waals surface area contributed by atoms with Gasteiger partial charge in [0, 0.05) is 36.2 Å². The van der Waals surface area contributed by atoms with Crippen molar-refractivity contribution in [2.45, 2.75) is 237 Å². The van der Waals surface area contributed by atoms with Crippen LogP contribution in [0.4, 0.5) is 0 Å². The molecule has 446 valence electrons. The molecule has 0 bridgehead atoms. The van der Waals surface area contributed by atoms with Crippen molar-refractivity contribution in [1.82, 2.24) is 5.16 Å². The van der Waals surface area contributed by atoms with Gasteiger partial charge in [-0.25, -0.2) is 5.90 Å². The summed E-state index contributed by atoms with van der Waals surface area (Å²) in [6.45, 7) is 42.4. The first kappa shape index (κ1) is 61.4. The van der Waals surface area contributed by atoms with E-state index in [1.807, 2.05) is 6.20 Å². The summed E-state index contributed by atoms with van der Waals surface area (Å²) in [5.74, 6) is 10.5. The van der Waals surface area contributed by atoms with E-state index in [0.29, 0.717) is 70.7 Å². The molecule has 0 spiro atoms. The predicted octanol–water partition coefficient (Wildman–Crippen LogP) is 14.9. The normalized spacial score (nSPS) is 48.4. The maximum atomic E-state index is 13.4. The molecule has 10 nitrogen and oxygen atoms in total. The number of rotatable bonds is 7. The van der Waals surface area contributed by atoms with E-state index in [1.165, 1.54) is 119 Å². The third-order valence-electron chi connectivity index (χ3n) is 28.4. The van der Waals surface area contributed by atoms with Crippen molar-refractivity contribution in [1.29, 1.82) is 0 Å². The SMILES string of the molecule is C=C(C)[C@@H]1CC[C@]2(CO)CC[C@]3(C)[C@H](CC[C@@H]4[C@@]5(C)Cc6cnoc6C(C)(C)[C@@H]5CC[C@]43C)[C@@H]12.C=C(C)[C@@H]1CC[C@]2(COC3CCCCO3)CC[C@]3(C)[C@H](CC[C@@H]4[C@@]5(C)CC(C=O)C(=O)C(C)(C)[C@@H]5CC[C@]43C)[C@@H]12.CCO.NO. The lowest BCUT2D eigenvalue weighted by Crippen LogP contribution is -2.67. The highest BCUT2D eigenvalue weighted by Crippen LogP contribution is 2.79. The number of nitrogens with zero attached hydrogens (tertiary/aromatic N) is 1. The number of aldehydes is 1. The maximum Gasteiger partial charge on any atom is 0.157 e. The number of aliphatic hydroxyl groups is 2. The van der Waals surface area contributed by atoms with Crippen molar-refractivity contribution in [3.8, 4) is 0 Å². The lowest BCUT2D eigenvalue weighted by molar-refractivity contribution is -0.247. The summed E-state index contributed by atoms with van der Waals surface area (Å²) >= 11 is 0. The van der Waals surface area contributed by atoms with Crippen LogP contribution in [0.1, 0.15) is 230 Å². The van der Waals surface area contributed by atoms with Crippen molar-refractivity contribution in [2.24, 2.45) is 120 Å². The number of ether oxygens (including phenoxy) is 2. The third-order valence-corrected chi connectivity index (χ3v) is 28.4. The first-order chi connectivity index (χ1) is 37.2. The number of carbonyl (C=O) groups is 2. The molecule has 2 unspecified atom stereocenters. The third kappa shape index (κ3) is 8.94. The first-order valence-electron chi connectivity index (χ1n) is 32.2. The number of allylic oxidation sites excluding steroid dienone is 2. The van der Waals surface area contributed by atoms with E-state index in [1.54, 1.807) is 6.92 Å². The van der Waals surface area contributed by atoms with Crippen LogP contribution in [0.5, 0.6) is 0 Å². The van der Waals surface area contributed by atoms with Gasteiger partial charge in [-0.05, 0) is 258 Å². The summed E-state index contributed by atoms with van der Waals surface area (Å²) in [7, 11) is 0. The Balaban J connectivity index is 0.000000179. The van der Waals surface area contributed by atoms with Gasteiger partial charge in [-0.1, -0.05) is 98.7 Å². The molecular formula is C69H112N2O8. The molecule has 5 N–H and O–H groups in total. The van der Waals surface area contributed by atoms with Crippen molar-refractivity contribution in [3.05, 3.63) is 41.8 Å². The Morgan fingerprint density at radius 3 is 1.71 bits per heavy atom. The molecular weight excluding hydrogens is 985 g/mol. The Hall–Kier alpha value is -2.21. The molecule has 10 heteroatoms. The van der Waals surface area contributed by atoms with Crippen LogP contribution < -0.4 is 5.90 Å². The molecule has 2 heterocycles. The molecule has 12 rings (SSSR count). The highest BCUT2D eigenvalue weighted by atomic mass is 16.7. The molecule has 0 radical (unpaired) electrons. The molecule has 11 aliphatic rings. The van der Waals surface area contributed by atoms with Gasteiger partial charge in [0.1, 0.15) is 17.8 Å². The minimum absolute atomic E-state index is 0.0208. The molecule has 1 saturated heterocycles. The molecule has 20 atom stereocenters. The number of aromatic nitrogens is 1. The summed E-state index contributed by atoms with van der Waals surface area (Å²) in [5.41, 5.74) is 5.57. The monoisotopic (exact) mass is 1100 g/mol. The van der Waals surface area contributed by atoms with Gasteiger partial charge in [0.05, 0.1) is 18.7 Å². The zero-order valence-corrected chi connectivity index (χ0v) is 52.1. The van der Waals surface area contributed by atoms with E-state index < -0.39 is 11.3 Å². The highest BCUT2D eigenvalue weighted by molar-refractivity contribution is 5.98. The fraction of sp³-hybridized carbons (Fsp3) is 0.870. The average molecular weight is 1100 g/mol. The number of fused-ring (bicyclic) bond motifs is 15. The molecule has 1 aromatic heterocycles. The van der Waals surface area contributed by atoms with Crippen LogP contribution in [0.3, 0.4) is 0 Å². The summed E-state index contributed by atoms with van der Waals surface area (Å²) in [5, 5.41) is 29.0. The smallest absolute Gasteiger partial charge is 0.157 e. The Morgan fingerprint density at radius 1 is 0.671 bits per heavy atom. The zero-order valence-electron chi connectivity index (χ0n) is 52.1. The van der Waals surface area contributed by atoms with Crippen LogP contribution in [0.15, 0.2) is 35.0 Å². The van der Waals surface area contributed by atoms with E-state index in [9.17, 15) is 14.7 Å². The Bertz CT molecular complexity index is 2410. The fourth-order valence-electron chi connectivity index (χ4n) is 24.6. The standard InChI is InChI=1S/C36H56O4.C31H47NO2.C2H6O.H3NO/c1-23(2)25-13-16-36(22-40-29-10-8-9-19-39-29)18-17-34(6)26(30(25)36)11-12-28-33(5)20-24(21-37)31(38)32(3,4)27(33)14-15-35(28,34)7;1-19(2)21-10-13-31(18-33)15-14-29(6)22(25(21)31)8-9-24-28(5)16-20-17-32-34-26(20)27(3,4)23(28)11-12-30(24,29)7;1-2-3;1-2/h21,24-30H,1,8-20,22H2,2-7H3;17,21-25,33H,1,8-16,18H2,2-7H3;3H,2H2,1H3;2H,1H2/t24?,25-,26+,27-,28+,29?,30+,33-,34+,35+,36+;21-,22+,23-,24+,25+,28-,29+,30+,31+;;/m00../s1. The molecule has 10 fully saturated rings. The lowest BCUT2D eigenvalue weighted by atomic mass is 9.32. The molecule has 79 heavy (non-hydrogen) atoms. The minimum atomic E-state index is -0.440. The second-order valence-electron chi connectivity index (χ2n) is 31.8. The van der Waals surface area contributed by atoms with Crippen molar-refractivity contribution in [3.63, 3.8) is 0 Å². The lowest BCUT2D eigenvalue weighted by Gasteiger charge is -2.72. The zero-order chi connectivity index (χ0) is 57.7. The van der Waals surface area contributed by atoms with E-state index >= 15 is 0 Å². The van der Waals surface area contributed by atoms with Gasteiger partial charge in [-0.2, -0.15) is 0 Å². The van der Waals surface area contributed by atoms with E-state index in [2.05, 4.69) is 107 Å². The second-order valence-corrected chi connectivity index (χ2v) is 31.8. The van der Waals surface area contributed by atoms with Crippen molar-refractivity contribution >= 4 is 12.1 Å². The fourth-order valence-corrected chi connectivity index (χ4v) is 24.6. The molecule has 1 aliphatic heterocycles. The number of hydrogen-bond donors (Lipinski definition) is 4. The predicted molar refractivity (Wildman–Crippen MR) is 313 cm³/mol. The van der Waals surface area contributed by atoms with Crippen LogP contribution >= 0.6 is 0 Å². The summed E-state index contributed by atoms with van der Waals surface area (Å²) in [6, 6.07) is 0. The van der Waals surface area contributed by atoms with E-state index in [4.69, 9.17) is 24.3 Å². The highest BCUT2D eigenvalue weighted by Gasteiger charge is 2.73.